The van der Waals surface area contributed by atoms with Crippen LogP contribution in [0, 0.1) is 0 Å². The van der Waals surface area contributed by atoms with Crippen LogP contribution in [0.2, 0.25) is 0 Å². The average Bonchev–Trinajstić information content (AvgIpc) is 3.73. The molecule has 0 aliphatic carbocycles. The smallest absolute Gasteiger partial charge is 0.143 e. The molecular formula is C48H30O. The normalized spacial score (nSPS) is 16.8. The molecule has 0 spiro atoms. The molecule has 9 aromatic carbocycles. The molecule has 0 aliphatic rings. The zero-order valence-electron chi connectivity index (χ0n) is 43.3. The lowest BCUT2D eigenvalue weighted by Gasteiger charge is -2.18. The van der Waals surface area contributed by atoms with Crippen molar-refractivity contribution in [2.45, 2.75) is 0 Å². The monoisotopic (exact) mass is 640 g/mol. The Morgan fingerprint density at radius 2 is 0.857 bits per heavy atom. The maximum absolute atomic E-state index is 9.65. The van der Waals surface area contributed by atoms with Crippen molar-refractivity contribution in [2.75, 3.05) is 0 Å². The number of hydrogen-bond acceptors (Lipinski definition) is 1. The maximum Gasteiger partial charge on any atom is 0.143 e. The molecule has 228 valence electrons. The summed E-state index contributed by atoms with van der Waals surface area (Å²) >= 11 is 0. The van der Waals surface area contributed by atoms with Gasteiger partial charge in [0.15, 0.2) is 0 Å². The number of rotatable bonds is 4. The molecular weight excluding hydrogens is 593 g/mol. The van der Waals surface area contributed by atoms with Crippen LogP contribution in [0.5, 0.6) is 0 Å². The summed E-state index contributed by atoms with van der Waals surface area (Å²) < 4.78 is 165. The van der Waals surface area contributed by atoms with Crippen LogP contribution >= 0.6 is 0 Å². The molecule has 1 nitrogen and oxygen atoms in total. The summed E-state index contributed by atoms with van der Waals surface area (Å²) in [5.41, 5.74) is 0.593. The lowest BCUT2D eigenvalue weighted by molar-refractivity contribution is 0.673. The van der Waals surface area contributed by atoms with E-state index in [0.717, 1.165) is 0 Å². The summed E-state index contributed by atoms with van der Waals surface area (Å²) in [7, 11) is 0. The zero-order chi connectivity index (χ0) is 48.0. The molecule has 10 aromatic rings. The summed E-state index contributed by atoms with van der Waals surface area (Å²) in [5, 5.41) is 0.970. The highest BCUT2D eigenvalue weighted by Gasteiger charge is 2.18. The Labute approximate surface area is 309 Å². The van der Waals surface area contributed by atoms with E-state index in [-0.39, 0.29) is 90.7 Å². The van der Waals surface area contributed by atoms with Crippen LogP contribution in [0.4, 0.5) is 0 Å². The Balaban J connectivity index is 1.22. The molecule has 1 aromatic heterocycles. The molecule has 0 unspecified atom stereocenters. The molecule has 10 rings (SSSR count). The molecule has 0 radical (unpaired) electrons. The maximum atomic E-state index is 9.65. The summed E-state index contributed by atoms with van der Waals surface area (Å²) in [6, 6.07) is 11.3. The third-order valence-electron chi connectivity index (χ3n) is 8.71. The molecule has 0 fully saturated rings. The van der Waals surface area contributed by atoms with Gasteiger partial charge in [-0.3, -0.25) is 0 Å². The van der Waals surface area contributed by atoms with E-state index in [9.17, 15) is 9.60 Å². The van der Waals surface area contributed by atoms with E-state index in [1.807, 2.05) is 0 Å². The lowest BCUT2D eigenvalue weighted by Crippen LogP contribution is -1.91. The molecule has 0 saturated carbocycles. The summed E-state index contributed by atoms with van der Waals surface area (Å²) in [6.45, 7) is 0. The van der Waals surface area contributed by atoms with Crippen molar-refractivity contribution in [3.8, 4) is 44.5 Å². The Kier molecular flexibility index (Phi) is 3.43. The van der Waals surface area contributed by atoms with Crippen LogP contribution in [-0.2, 0) is 0 Å². The van der Waals surface area contributed by atoms with Gasteiger partial charge in [0.2, 0.25) is 0 Å². The molecule has 0 amide bonds. The quantitative estimate of drug-likeness (QED) is 0.174. The summed E-state index contributed by atoms with van der Waals surface area (Å²) in [4.78, 5) is 0. The molecule has 0 N–H and O–H groups in total. The van der Waals surface area contributed by atoms with Crippen LogP contribution in [0.25, 0.3) is 98.8 Å². The third kappa shape index (κ3) is 4.47. The fraction of sp³-hybridized carbons (Fsp3) is 0. The Morgan fingerprint density at radius 1 is 0.347 bits per heavy atom. The molecule has 1 heteroatoms. The topological polar surface area (TPSA) is 13.1 Å². The SMILES string of the molecule is [2H]c1c([2H])c([2H])c(-c2ccc(-c3c([2H])c([2H])c(-c4c5ccccc5c(-c5c([2H])c([2H])c6c(oc7c8c([2H])c([2H])c([2H])c([2H])c8c([2H])c([2H])c76)c5[2H])c5ccccc45)c([2H])c3[2H])cc2)c([2H])c1[2H]. The van der Waals surface area contributed by atoms with E-state index in [4.69, 9.17) is 19.5 Å². The number of hydrogen-bond donors (Lipinski definition) is 0. The molecule has 0 bridgehead atoms. The van der Waals surface area contributed by atoms with Crippen LogP contribution < -0.4 is 0 Å². The van der Waals surface area contributed by atoms with Crippen molar-refractivity contribution in [3.05, 3.63) is 182 Å². The van der Waals surface area contributed by atoms with E-state index in [0.29, 0.717) is 38.2 Å². The molecule has 0 saturated heterocycles. The van der Waals surface area contributed by atoms with Crippen molar-refractivity contribution in [2.24, 2.45) is 0 Å². The Morgan fingerprint density at radius 3 is 1.51 bits per heavy atom. The van der Waals surface area contributed by atoms with Gasteiger partial charge in [0.05, 0.1) is 24.7 Å². The van der Waals surface area contributed by atoms with Gasteiger partial charge in [0, 0.05) is 16.2 Å². The van der Waals surface area contributed by atoms with Crippen molar-refractivity contribution < 1.29 is 29.1 Å². The van der Waals surface area contributed by atoms with Crippen LogP contribution in [0.15, 0.2) is 186 Å². The van der Waals surface area contributed by atoms with Crippen LogP contribution in [0.1, 0.15) is 24.7 Å². The number of benzene rings is 9. The predicted octanol–water partition coefficient (Wildman–Crippen LogP) is 13.7. The first-order valence-corrected chi connectivity index (χ1v) is 15.4. The van der Waals surface area contributed by atoms with Gasteiger partial charge in [-0.25, -0.2) is 0 Å². The van der Waals surface area contributed by atoms with Gasteiger partial charge in [-0.15, -0.1) is 0 Å². The van der Waals surface area contributed by atoms with Crippen molar-refractivity contribution in [3.63, 3.8) is 0 Å². The van der Waals surface area contributed by atoms with Gasteiger partial charge in [-0.05, 0) is 89.6 Å². The molecule has 1 heterocycles. The van der Waals surface area contributed by atoms with Crippen LogP contribution in [0.3, 0.4) is 0 Å². The fourth-order valence-corrected chi connectivity index (χ4v) is 6.48. The molecule has 49 heavy (non-hydrogen) atoms. The molecule has 0 aliphatic heterocycles. The largest absolute Gasteiger partial charge is 0.455 e. The second-order valence-corrected chi connectivity index (χ2v) is 11.4. The van der Waals surface area contributed by atoms with E-state index < -0.39 is 78.6 Å². The minimum absolute atomic E-state index is 0.0297. The van der Waals surface area contributed by atoms with Crippen molar-refractivity contribution >= 4 is 54.3 Å². The van der Waals surface area contributed by atoms with Gasteiger partial charge in [0.1, 0.15) is 11.2 Å². The average molecular weight is 641 g/mol. The van der Waals surface area contributed by atoms with Gasteiger partial charge >= 0.3 is 0 Å². The van der Waals surface area contributed by atoms with Gasteiger partial charge in [-0.1, -0.05) is 163 Å². The standard InChI is InChI=1S/C48H30O/c1-2-10-31(11-3-1)32-18-20-33(21-19-32)34-22-24-36(25-23-34)46-40-14-6-8-16-42(40)47(43-17-9-7-15-41(43)46)37-27-28-39-44-29-26-35-12-4-5-13-38(35)48(44)49-45(39)30-37/h1-30H/i1D,2D,3D,4D,5D,10D,11D,12D,13D,22D,23D,24D,25D,26D,27D,28D,29D,30D. The van der Waals surface area contributed by atoms with Crippen molar-refractivity contribution in [1.82, 2.24) is 0 Å². The highest BCUT2D eigenvalue weighted by Crippen LogP contribution is 2.45. The zero-order valence-corrected chi connectivity index (χ0v) is 25.3. The van der Waals surface area contributed by atoms with E-state index in [1.54, 1.807) is 48.5 Å². The first-order valence-electron chi connectivity index (χ1n) is 24.4. The van der Waals surface area contributed by atoms with E-state index >= 15 is 0 Å². The minimum Gasteiger partial charge on any atom is -0.455 e. The lowest BCUT2D eigenvalue weighted by atomic mass is 9.85. The highest BCUT2D eigenvalue weighted by molar-refractivity contribution is 6.22. The Hall–Kier alpha value is -6.44. The van der Waals surface area contributed by atoms with Crippen LogP contribution in [-0.4, -0.2) is 0 Å². The number of fused-ring (bicyclic) bond motifs is 7. The van der Waals surface area contributed by atoms with E-state index in [1.165, 1.54) is 24.3 Å². The third-order valence-corrected chi connectivity index (χ3v) is 8.71. The fourth-order valence-electron chi connectivity index (χ4n) is 6.48. The van der Waals surface area contributed by atoms with Gasteiger partial charge in [-0.2, -0.15) is 0 Å². The van der Waals surface area contributed by atoms with E-state index in [2.05, 4.69) is 0 Å². The summed E-state index contributed by atoms with van der Waals surface area (Å²) in [5.74, 6) is 0. The number of furan rings is 1. The second kappa shape index (κ2) is 11.1. The molecule has 0 atom stereocenters. The van der Waals surface area contributed by atoms with Gasteiger partial charge < -0.3 is 4.42 Å². The minimum atomic E-state index is -0.604. The second-order valence-electron chi connectivity index (χ2n) is 11.4. The highest BCUT2D eigenvalue weighted by atomic mass is 16.3. The van der Waals surface area contributed by atoms with Crippen molar-refractivity contribution in [1.29, 1.82) is 0 Å². The predicted molar refractivity (Wildman–Crippen MR) is 208 cm³/mol. The first-order chi connectivity index (χ1) is 31.8. The first kappa shape index (κ1) is 15.2. The summed E-state index contributed by atoms with van der Waals surface area (Å²) in [6.07, 6.45) is 0. The van der Waals surface area contributed by atoms with Gasteiger partial charge in [0.25, 0.3) is 0 Å². The Bertz CT molecular complexity index is 3780.